The molecule has 2 aromatic rings. The first-order valence-electron chi connectivity index (χ1n) is 5.79. The van der Waals surface area contributed by atoms with Gasteiger partial charge in [0.15, 0.2) is 6.23 Å². The molecule has 0 saturated heterocycles. The van der Waals surface area contributed by atoms with Gasteiger partial charge in [0.25, 0.3) is 0 Å². The zero-order valence-electron chi connectivity index (χ0n) is 9.42. The van der Waals surface area contributed by atoms with E-state index in [-0.39, 0.29) is 5.82 Å². The fourth-order valence-electron chi connectivity index (χ4n) is 2.75. The topological polar surface area (TPSA) is 72.4 Å². The molecule has 0 amide bonds. The van der Waals surface area contributed by atoms with Crippen LogP contribution in [0.4, 0.5) is 4.39 Å². The van der Waals surface area contributed by atoms with Gasteiger partial charge in [-0.2, -0.15) is 5.10 Å². The first-order chi connectivity index (χ1) is 8.74. The number of hydrogen-bond acceptors (Lipinski definition) is 4. The van der Waals surface area contributed by atoms with Crippen LogP contribution in [-0.2, 0) is 6.54 Å². The molecule has 6 heteroatoms. The second-order valence-electron chi connectivity index (χ2n) is 4.59. The summed E-state index contributed by atoms with van der Waals surface area (Å²) in [5.74, 6) is -0.367. The number of aromatic amines is 1. The molecule has 4 N–H and O–H groups in total. The van der Waals surface area contributed by atoms with Crippen molar-refractivity contribution >= 4 is 16.6 Å². The van der Waals surface area contributed by atoms with Gasteiger partial charge in [-0.15, -0.1) is 0 Å². The number of aliphatic hydroxyl groups is 1. The van der Waals surface area contributed by atoms with E-state index >= 15 is 0 Å². The quantitative estimate of drug-likeness (QED) is 0.553. The Labute approximate surface area is 102 Å². The molecule has 18 heavy (non-hydrogen) atoms. The van der Waals surface area contributed by atoms with Gasteiger partial charge >= 0.3 is 0 Å². The van der Waals surface area contributed by atoms with Crippen molar-refractivity contribution in [3.8, 4) is 0 Å². The van der Waals surface area contributed by atoms with Crippen LogP contribution in [0.5, 0.6) is 0 Å². The monoisotopic (exact) mass is 246 g/mol. The molecule has 92 valence electrons. The van der Waals surface area contributed by atoms with E-state index in [1.54, 1.807) is 0 Å². The van der Waals surface area contributed by atoms with Crippen molar-refractivity contribution in [2.75, 3.05) is 6.54 Å². The predicted molar refractivity (Wildman–Crippen MR) is 64.6 cm³/mol. The van der Waals surface area contributed by atoms with E-state index in [1.807, 2.05) is 0 Å². The van der Waals surface area contributed by atoms with E-state index in [4.69, 9.17) is 0 Å². The smallest absolute Gasteiger partial charge is 0.166 e. The number of nitrogens with one attached hydrogen (secondary N) is 3. The van der Waals surface area contributed by atoms with E-state index in [0.29, 0.717) is 24.2 Å². The van der Waals surface area contributed by atoms with E-state index in [0.717, 1.165) is 22.4 Å². The van der Waals surface area contributed by atoms with Crippen LogP contribution in [0.25, 0.3) is 10.9 Å². The van der Waals surface area contributed by atoms with E-state index in [1.165, 1.54) is 12.1 Å². The van der Waals surface area contributed by atoms with Crippen LogP contribution in [-0.4, -0.2) is 22.3 Å². The molecule has 2 aliphatic heterocycles. The molecule has 1 aromatic carbocycles. The molecule has 0 aliphatic carbocycles. The Hall–Kier alpha value is -1.92. The lowest BCUT2D eigenvalue weighted by Crippen LogP contribution is -2.31. The standard InChI is InChI=1S/C12H11FN4O/c13-5-1-6-10-7(2-5)15-8-3-14-4-9(11(8)10)16-17-12(6)18/h1-2,12,14-15,17-18H,3-4H2. The highest BCUT2D eigenvalue weighted by Gasteiger charge is 2.27. The normalized spacial score (nSPS) is 21.4. The number of hydrazone groups is 1. The zero-order valence-corrected chi connectivity index (χ0v) is 9.42. The third kappa shape index (κ3) is 1.19. The van der Waals surface area contributed by atoms with Crippen molar-refractivity contribution in [2.24, 2.45) is 5.10 Å². The van der Waals surface area contributed by atoms with Crippen LogP contribution < -0.4 is 10.7 Å². The Kier molecular flexibility index (Phi) is 1.84. The maximum Gasteiger partial charge on any atom is 0.166 e. The van der Waals surface area contributed by atoms with E-state index in [2.05, 4.69) is 20.8 Å². The van der Waals surface area contributed by atoms with Crippen molar-refractivity contribution in [1.82, 2.24) is 15.7 Å². The maximum atomic E-state index is 13.6. The van der Waals surface area contributed by atoms with Gasteiger partial charge in [-0.3, -0.25) is 5.43 Å². The van der Waals surface area contributed by atoms with Gasteiger partial charge in [0, 0.05) is 40.8 Å². The molecule has 2 aliphatic rings. The molecular formula is C12H11FN4O. The summed E-state index contributed by atoms with van der Waals surface area (Å²) in [6, 6.07) is 2.81. The van der Waals surface area contributed by atoms with Crippen molar-refractivity contribution in [1.29, 1.82) is 0 Å². The van der Waals surface area contributed by atoms with Gasteiger partial charge in [-0.05, 0) is 12.1 Å². The van der Waals surface area contributed by atoms with Gasteiger partial charge in [0.2, 0.25) is 0 Å². The molecule has 1 aromatic heterocycles. The van der Waals surface area contributed by atoms with Crippen molar-refractivity contribution < 1.29 is 9.50 Å². The van der Waals surface area contributed by atoms with Crippen LogP contribution in [0.1, 0.15) is 23.0 Å². The van der Waals surface area contributed by atoms with Gasteiger partial charge < -0.3 is 15.4 Å². The minimum atomic E-state index is -0.985. The molecule has 5 nitrogen and oxygen atoms in total. The first-order valence-corrected chi connectivity index (χ1v) is 5.79. The van der Waals surface area contributed by atoms with Crippen LogP contribution in [0, 0.1) is 5.82 Å². The average molecular weight is 246 g/mol. The molecule has 0 radical (unpaired) electrons. The highest BCUT2D eigenvalue weighted by Crippen LogP contribution is 2.33. The Balaban J connectivity index is 2.18. The van der Waals surface area contributed by atoms with Crippen LogP contribution >= 0.6 is 0 Å². The van der Waals surface area contributed by atoms with Crippen molar-refractivity contribution in [2.45, 2.75) is 12.8 Å². The number of H-pyrrole nitrogens is 1. The molecule has 0 fully saturated rings. The molecule has 0 saturated carbocycles. The molecule has 4 rings (SSSR count). The van der Waals surface area contributed by atoms with Crippen LogP contribution in [0.3, 0.4) is 0 Å². The molecule has 3 heterocycles. The third-order valence-electron chi connectivity index (χ3n) is 3.47. The highest BCUT2D eigenvalue weighted by atomic mass is 19.1. The lowest BCUT2D eigenvalue weighted by Gasteiger charge is -2.14. The number of benzene rings is 1. The largest absolute Gasteiger partial charge is 0.368 e. The molecule has 1 unspecified atom stereocenters. The SMILES string of the molecule is OC1NN=C2CNCc3[nH]c4cc(F)cc1c4c32. The maximum absolute atomic E-state index is 13.6. The number of halogens is 1. The second-order valence-corrected chi connectivity index (χ2v) is 4.59. The molecular weight excluding hydrogens is 235 g/mol. The molecule has 1 atom stereocenters. The summed E-state index contributed by atoms with van der Waals surface area (Å²) in [7, 11) is 0. The number of hydrogen-bond donors (Lipinski definition) is 4. The summed E-state index contributed by atoms with van der Waals surface area (Å²) in [4.78, 5) is 3.19. The highest BCUT2D eigenvalue weighted by molar-refractivity contribution is 6.14. The Morgan fingerprint density at radius 1 is 1.33 bits per heavy atom. The summed E-state index contributed by atoms with van der Waals surface area (Å²) in [6.45, 7) is 1.33. The summed E-state index contributed by atoms with van der Waals surface area (Å²) in [6.07, 6.45) is -0.985. The predicted octanol–water partition coefficient (Wildman–Crippen LogP) is 0.708. The zero-order chi connectivity index (χ0) is 12.3. The van der Waals surface area contributed by atoms with Gasteiger partial charge in [-0.1, -0.05) is 0 Å². The number of nitrogens with zero attached hydrogens (tertiary/aromatic N) is 1. The lowest BCUT2D eigenvalue weighted by atomic mass is 9.98. The van der Waals surface area contributed by atoms with Crippen LogP contribution in [0.15, 0.2) is 17.2 Å². The fourth-order valence-corrected chi connectivity index (χ4v) is 2.75. The number of aromatic nitrogens is 1. The van der Waals surface area contributed by atoms with E-state index in [9.17, 15) is 9.50 Å². The van der Waals surface area contributed by atoms with Crippen LogP contribution in [0.2, 0.25) is 0 Å². The molecule has 0 spiro atoms. The van der Waals surface area contributed by atoms with Gasteiger partial charge in [0.1, 0.15) is 5.82 Å². The Bertz CT molecular complexity index is 691. The summed E-state index contributed by atoms with van der Waals surface area (Å²) < 4.78 is 13.6. The number of rotatable bonds is 0. The van der Waals surface area contributed by atoms with E-state index < -0.39 is 6.23 Å². The minimum absolute atomic E-state index is 0.367. The Morgan fingerprint density at radius 3 is 3.11 bits per heavy atom. The van der Waals surface area contributed by atoms with Gasteiger partial charge in [0.05, 0.1) is 5.71 Å². The molecule has 0 bridgehead atoms. The van der Waals surface area contributed by atoms with Gasteiger partial charge in [-0.25, -0.2) is 4.39 Å². The summed E-state index contributed by atoms with van der Waals surface area (Å²) in [5, 5.41) is 18.3. The first kappa shape index (κ1) is 10.0. The second kappa shape index (κ2) is 3.30. The lowest BCUT2D eigenvalue weighted by molar-refractivity contribution is 0.142. The summed E-state index contributed by atoms with van der Waals surface area (Å²) >= 11 is 0. The van der Waals surface area contributed by atoms with Crippen molar-refractivity contribution in [3.05, 3.63) is 34.8 Å². The third-order valence-corrected chi connectivity index (χ3v) is 3.47. The average Bonchev–Trinajstić information content (AvgIpc) is 2.65. The Morgan fingerprint density at radius 2 is 2.22 bits per heavy atom. The summed E-state index contributed by atoms with van der Waals surface area (Å²) in [5.41, 5.74) is 6.70. The fraction of sp³-hybridized carbons (Fsp3) is 0.250. The van der Waals surface area contributed by atoms with Crippen molar-refractivity contribution in [3.63, 3.8) is 0 Å². The number of aliphatic hydroxyl groups excluding tert-OH is 1. The minimum Gasteiger partial charge on any atom is -0.368 e.